The number of nitrogens with zero attached hydrogens (tertiary/aromatic N) is 2. The number of rotatable bonds is 8. The normalized spacial score (nSPS) is 22.0. The first-order valence-electron chi connectivity index (χ1n) is 10.9. The van der Waals surface area contributed by atoms with E-state index in [1.165, 1.54) is 11.8 Å². The average Bonchev–Trinajstić information content (AvgIpc) is 3.26. The molecule has 0 bridgehead atoms. The van der Waals surface area contributed by atoms with Gasteiger partial charge in [-0.2, -0.15) is 4.99 Å². The van der Waals surface area contributed by atoms with Gasteiger partial charge in [0.05, 0.1) is 36.4 Å². The average molecular weight is 569 g/mol. The zero-order chi connectivity index (χ0) is 24.3. The SMILES string of the molecule is CCOc1cc(Br)c(N2C(=NC(=O)COc3ccccc3)S[C@H]3CS(=O)(=O)C[C@H]32)cc1OCC. The van der Waals surface area contributed by atoms with Crippen molar-refractivity contribution in [3.63, 3.8) is 0 Å². The lowest BCUT2D eigenvalue weighted by Crippen LogP contribution is -2.38. The lowest BCUT2D eigenvalue weighted by molar-refractivity contribution is -0.119. The number of amidine groups is 1. The molecule has 0 spiro atoms. The number of halogens is 1. The van der Waals surface area contributed by atoms with E-state index in [9.17, 15) is 13.2 Å². The van der Waals surface area contributed by atoms with Gasteiger partial charge in [0.25, 0.3) is 5.91 Å². The highest BCUT2D eigenvalue weighted by Crippen LogP contribution is 2.46. The largest absolute Gasteiger partial charge is 0.490 e. The predicted octanol–water partition coefficient (Wildman–Crippen LogP) is 3.93. The number of anilines is 1. The number of hydrogen-bond acceptors (Lipinski definition) is 7. The summed E-state index contributed by atoms with van der Waals surface area (Å²) in [5.74, 6) is 1.27. The van der Waals surface area contributed by atoms with E-state index >= 15 is 0 Å². The zero-order valence-corrected chi connectivity index (χ0v) is 22.0. The number of hydrogen-bond donors (Lipinski definition) is 0. The molecule has 4 rings (SSSR count). The van der Waals surface area contributed by atoms with Crippen molar-refractivity contribution in [1.29, 1.82) is 0 Å². The minimum absolute atomic E-state index is 0.0119. The Balaban J connectivity index is 1.67. The van der Waals surface area contributed by atoms with Gasteiger partial charge in [0, 0.05) is 21.9 Å². The molecule has 2 fully saturated rings. The molecule has 2 atom stereocenters. The molecule has 182 valence electrons. The summed E-state index contributed by atoms with van der Waals surface area (Å²) in [6, 6.07) is 12.3. The fourth-order valence-corrected chi connectivity index (χ4v) is 8.33. The highest BCUT2D eigenvalue weighted by atomic mass is 79.9. The summed E-state index contributed by atoms with van der Waals surface area (Å²) in [6.45, 7) is 4.45. The Bertz CT molecular complexity index is 1190. The number of fused-ring (bicyclic) bond motifs is 1. The lowest BCUT2D eigenvalue weighted by atomic mass is 10.2. The molecule has 0 unspecified atom stereocenters. The fraction of sp³-hybridized carbons (Fsp3) is 0.391. The first kappa shape index (κ1) is 24.9. The van der Waals surface area contributed by atoms with Gasteiger partial charge in [0.2, 0.25) is 0 Å². The van der Waals surface area contributed by atoms with Crippen LogP contribution in [0.5, 0.6) is 17.2 Å². The van der Waals surface area contributed by atoms with E-state index in [0.717, 1.165) is 0 Å². The van der Waals surface area contributed by atoms with Gasteiger partial charge in [-0.25, -0.2) is 8.42 Å². The van der Waals surface area contributed by atoms with Crippen molar-refractivity contribution in [3.8, 4) is 17.2 Å². The summed E-state index contributed by atoms with van der Waals surface area (Å²) in [5, 5.41) is 0.222. The van der Waals surface area contributed by atoms with Crippen LogP contribution < -0.4 is 19.1 Å². The molecule has 0 aromatic heterocycles. The Hall–Kier alpha value is -2.24. The monoisotopic (exact) mass is 568 g/mol. The summed E-state index contributed by atoms with van der Waals surface area (Å²) in [7, 11) is -3.19. The fourth-order valence-electron chi connectivity index (χ4n) is 3.89. The van der Waals surface area contributed by atoms with Gasteiger partial charge in [-0.3, -0.25) is 4.79 Å². The number of benzene rings is 2. The second kappa shape index (κ2) is 10.6. The third-order valence-corrected chi connectivity index (χ3v) is 9.11. The van der Waals surface area contributed by atoms with E-state index < -0.39 is 15.7 Å². The molecule has 2 aromatic carbocycles. The van der Waals surface area contributed by atoms with Gasteiger partial charge in [0.15, 0.2) is 33.1 Å². The number of carbonyl (C=O) groups is 1. The molecule has 2 aliphatic heterocycles. The molecule has 1 amide bonds. The molecule has 2 heterocycles. The minimum atomic E-state index is -3.19. The van der Waals surface area contributed by atoms with E-state index in [4.69, 9.17) is 14.2 Å². The summed E-state index contributed by atoms with van der Waals surface area (Å²) >= 11 is 4.90. The molecular weight excluding hydrogens is 544 g/mol. The Morgan fingerprint density at radius 1 is 1.09 bits per heavy atom. The number of para-hydroxylation sites is 1. The standard InChI is InChI=1S/C23H25BrN2O6S2/c1-3-30-19-10-16(24)17(11-20(19)31-4-2)26-18-13-34(28,29)14-21(18)33-23(26)25-22(27)12-32-15-8-6-5-7-9-15/h5-11,18,21H,3-4,12-14H2,1-2H3/t18-,21+/m1/s1. The maximum atomic E-state index is 12.7. The molecule has 0 N–H and O–H groups in total. The Morgan fingerprint density at radius 2 is 1.76 bits per heavy atom. The van der Waals surface area contributed by atoms with Crippen molar-refractivity contribution in [2.45, 2.75) is 25.1 Å². The topological polar surface area (TPSA) is 94.5 Å². The first-order chi connectivity index (χ1) is 16.3. The summed E-state index contributed by atoms with van der Waals surface area (Å²) in [5.41, 5.74) is 0.666. The van der Waals surface area contributed by atoms with Crippen LogP contribution >= 0.6 is 27.7 Å². The number of amides is 1. The summed E-state index contributed by atoms with van der Waals surface area (Å²) in [4.78, 5) is 18.8. The van der Waals surface area contributed by atoms with E-state index in [1.54, 1.807) is 24.3 Å². The van der Waals surface area contributed by atoms with E-state index in [2.05, 4.69) is 20.9 Å². The van der Waals surface area contributed by atoms with Crippen molar-refractivity contribution in [2.75, 3.05) is 36.2 Å². The molecule has 0 aliphatic carbocycles. The van der Waals surface area contributed by atoms with Crippen LogP contribution in [0, 0.1) is 0 Å². The van der Waals surface area contributed by atoms with Crippen LogP contribution in [-0.4, -0.2) is 62.1 Å². The van der Waals surface area contributed by atoms with Gasteiger partial charge in [-0.1, -0.05) is 30.0 Å². The van der Waals surface area contributed by atoms with Crippen LogP contribution in [0.1, 0.15) is 13.8 Å². The lowest BCUT2D eigenvalue weighted by Gasteiger charge is -2.27. The van der Waals surface area contributed by atoms with E-state index in [1.807, 2.05) is 36.9 Å². The van der Waals surface area contributed by atoms with E-state index in [0.29, 0.717) is 45.8 Å². The van der Waals surface area contributed by atoms with Crippen LogP contribution in [0.15, 0.2) is 51.9 Å². The van der Waals surface area contributed by atoms with Crippen LogP contribution in [0.25, 0.3) is 0 Å². The van der Waals surface area contributed by atoms with Crippen molar-refractivity contribution >= 4 is 54.3 Å². The third kappa shape index (κ3) is 5.52. The van der Waals surface area contributed by atoms with Crippen LogP contribution in [0.3, 0.4) is 0 Å². The highest BCUT2D eigenvalue weighted by Gasteiger charge is 2.50. The molecule has 0 radical (unpaired) electrons. The first-order valence-corrected chi connectivity index (χ1v) is 14.4. The second-order valence-corrected chi connectivity index (χ2v) is 11.9. The van der Waals surface area contributed by atoms with E-state index in [-0.39, 0.29) is 29.4 Å². The molecule has 2 aliphatic rings. The van der Waals surface area contributed by atoms with Gasteiger partial charge in [0.1, 0.15) is 5.75 Å². The second-order valence-electron chi connectivity index (χ2n) is 7.68. The Kier molecular flexibility index (Phi) is 7.73. The van der Waals surface area contributed by atoms with Crippen LogP contribution in [0.2, 0.25) is 0 Å². The van der Waals surface area contributed by atoms with Gasteiger partial charge >= 0.3 is 0 Å². The molecular formula is C23H25BrN2O6S2. The zero-order valence-electron chi connectivity index (χ0n) is 18.8. The van der Waals surface area contributed by atoms with Gasteiger partial charge < -0.3 is 19.1 Å². The van der Waals surface area contributed by atoms with Crippen molar-refractivity contribution in [2.24, 2.45) is 4.99 Å². The smallest absolute Gasteiger partial charge is 0.285 e. The minimum Gasteiger partial charge on any atom is -0.490 e. The number of thioether (sulfide) groups is 1. The molecule has 8 nitrogen and oxygen atoms in total. The van der Waals surface area contributed by atoms with Crippen molar-refractivity contribution in [3.05, 3.63) is 46.9 Å². The van der Waals surface area contributed by atoms with Gasteiger partial charge in [-0.15, -0.1) is 0 Å². The maximum absolute atomic E-state index is 12.7. The van der Waals surface area contributed by atoms with Crippen LogP contribution in [0.4, 0.5) is 5.69 Å². The Morgan fingerprint density at radius 3 is 2.44 bits per heavy atom. The molecule has 34 heavy (non-hydrogen) atoms. The predicted molar refractivity (Wildman–Crippen MR) is 137 cm³/mol. The highest BCUT2D eigenvalue weighted by molar-refractivity contribution is 9.10. The van der Waals surface area contributed by atoms with Crippen LogP contribution in [-0.2, 0) is 14.6 Å². The number of carbonyl (C=O) groups excluding carboxylic acids is 1. The quantitative estimate of drug-likeness (QED) is 0.472. The van der Waals surface area contributed by atoms with Gasteiger partial charge in [-0.05, 0) is 41.9 Å². The summed E-state index contributed by atoms with van der Waals surface area (Å²) in [6.07, 6.45) is 0. The van der Waals surface area contributed by atoms with Crippen molar-refractivity contribution < 1.29 is 27.4 Å². The number of aliphatic imine (C=N–C) groups is 1. The molecule has 2 saturated heterocycles. The molecule has 2 aromatic rings. The maximum Gasteiger partial charge on any atom is 0.285 e. The molecule has 0 saturated carbocycles. The number of ether oxygens (including phenoxy) is 3. The molecule has 11 heteroatoms. The summed E-state index contributed by atoms with van der Waals surface area (Å²) < 4.78 is 42.5. The Labute approximate surface area is 211 Å². The van der Waals surface area contributed by atoms with Crippen molar-refractivity contribution in [1.82, 2.24) is 0 Å². The number of sulfone groups is 1. The third-order valence-electron chi connectivity index (χ3n) is 5.26.